The molecule has 0 aliphatic heterocycles. The molecule has 1 nitrogen and oxygen atoms in total. The van der Waals surface area contributed by atoms with E-state index in [0.29, 0.717) is 5.92 Å². The number of hydrogen-bond donors (Lipinski definition) is 1. The Morgan fingerprint density at radius 2 is 1.92 bits per heavy atom. The summed E-state index contributed by atoms with van der Waals surface area (Å²) in [4.78, 5) is 0. The molecule has 2 heteroatoms. The van der Waals surface area contributed by atoms with Gasteiger partial charge in [0.2, 0.25) is 0 Å². The first kappa shape index (κ1) is 9.87. The van der Waals surface area contributed by atoms with Gasteiger partial charge in [-0.15, -0.1) is 12.4 Å². The lowest BCUT2D eigenvalue weighted by atomic mass is 9.94. The molecule has 0 spiro atoms. The van der Waals surface area contributed by atoms with Gasteiger partial charge in [-0.2, -0.15) is 0 Å². The summed E-state index contributed by atoms with van der Waals surface area (Å²) in [6.45, 7) is 0. The fraction of sp³-hybridized carbons (Fsp3) is 0.0909. The van der Waals surface area contributed by atoms with Crippen LogP contribution in [0.3, 0.4) is 0 Å². The number of rotatable bonds is 0. The van der Waals surface area contributed by atoms with Gasteiger partial charge < -0.3 is 5.73 Å². The van der Waals surface area contributed by atoms with Crippen LogP contribution in [0.5, 0.6) is 0 Å². The highest BCUT2D eigenvalue weighted by Gasteiger charge is 2.09. The highest BCUT2D eigenvalue weighted by molar-refractivity contribution is 5.85. The molecule has 2 rings (SSSR count). The molecule has 68 valence electrons. The van der Waals surface area contributed by atoms with E-state index >= 15 is 0 Å². The smallest absolute Gasteiger partial charge is 0.0282 e. The molecule has 0 aromatic carbocycles. The molecule has 0 heterocycles. The third-order valence-corrected chi connectivity index (χ3v) is 2.05. The number of fused-ring (bicyclic) bond motifs is 1. The summed E-state index contributed by atoms with van der Waals surface area (Å²) in [7, 11) is 0. The van der Waals surface area contributed by atoms with E-state index in [1.807, 2.05) is 18.2 Å². The van der Waals surface area contributed by atoms with E-state index in [0.717, 1.165) is 5.70 Å². The Balaban J connectivity index is 0.000000845. The molecule has 2 aliphatic carbocycles. The van der Waals surface area contributed by atoms with Crippen LogP contribution in [0, 0.1) is 5.92 Å². The van der Waals surface area contributed by atoms with Gasteiger partial charge in [-0.1, -0.05) is 42.5 Å². The van der Waals surface area contributed by atoms with Gasteiger partial charge in [0.05, 0.1) is 0 Å². The van der Waals surface area contributed by atoms with E-state index in [1.54, 1.807) is 0 Å². The number of hydrogen-bond acceptors (Lipinski definition) is 1. The lowest BCUT2D eigenvalue weighted by Gasteiger charge is -2.11. The predicted octanol–water partition coefficient (Wildman–Crippen LogP) is 2.49. The van der Waals surface area contributed by atoms with Crippen LogP contribution in [0.1, 0.15) is 0 Å². The Kier molecular flexibility index (Phi) is 3.15. The van der Waals surface area contributed by atoms with Gasteiger partial charge in [-0.05, 0) is 11.6 Å². The van der Waals surface area contributed by atoms with Crippen LogP contribution in [-0.4, -0.2) is 0 Å². The van der Waals surface area contributed by atoms with E-state index < -0.39 is 0 Å². The molecule has 0 fully saturated rings. The molecule has 0 aromatic rings. The van der Waals surface area contributed by atoms with Crippen molar-refractivity contribution in [3.05, 3.63) is 59.9 Å². The minimum absolute atomic E-state index is 0. The molecular formula is C11H12ClN. The maximum atomic E-state index is 5.72. The quantitative estimate of drug-likeness (QED) is 0.629. The van der Waals surface area contributed by atoms with Crippen LogP contribution in [0.15, 0.2) is 59.9 Å². The molecule has 13 heavy (non-hydrogen) atoms. The zero-order chi connectivity index (χ0) is 8.39. The second-order valence-corrected chi connectivity index (χ2v) is 2.96. The average Bonchev–Trinajstić information content (AvgIpc) is 2.25. The van der Waals surface area contributed by atoms with Crippen molar-refractivity contribution in [2.24, 2.45) is 11.7 Å². The number of allylic oxidation sites excluding steroid dienone is 9. The van der Waals surface area contributed by atoms with Gasteiger partial charge in [0.15, 0.2) is 0 Å². The predicted molar refractivity (Wildman–Crippen MR) is 58.5 cm³/mol. The summed E-state index contributed by atoms with van der Waals surface area (Å²) < 4.78 is 0. The van der Waals surface area contributed by atoms with Crippen molar-refractivity contribution in [2.75, 3.05) is 0 Å². The Morgan fingerprint density at radius 1 is 1.08 bits per heavy atom. The van der Waals surface area contributed by atoms with E-state index in [9.17, 15) is 0 Å². The standard InChI is InChI=1S/C11H11N.ClH/c12-11-7-3-6-9-4-1-2-5-10(9)8-11;/h1-8,10H,12H2;1H. The zero-order valence-corrected chi connectivity index (χ0v) is 8.00. The van der Waals surface area contributed by atoms with Crippen LogP contribution >= 0.6 is 12.4 Å². The Hall–Kier alpha value is -1.21. The summed E-state index contributed by atoms with van der Waals surface area (Å²) in [5.41, 5.74) is 7.86. The third kappa shape index (κ3) is 2.13. The maximum Gasteiger partial charge on any atom is 0.0282 e. The van der Waals surface area contributed by atoms with Crippen LogP contribution < -0.4 is 5.73 Å². The maximum absolute atomic E-state index is 5.72. The summed E-state index contributed by atoms with van der Waals surface area (Å²) >= 11 is 0. The first-order chi connectivity index (χ1) is 5.86. The fourth-order valence-corrected chi connectivity index (χ4v) is 1.42. The molecule has 1 unspecified atom stereocenters. The molecular weight excluding hydrogens is 182 g/mol. The summed E-state index contributed by atoms with van der Waals surface area (Å²) in [6.07, 6.45) is 16.4. The van der Waals surface area contributed by atoms with Gasteiger partial charge in [-0.25, -0.2) is 0 Å². The van der Waals surface area contributed by atoms with Crippen molar-refractivity contribution in [1.82, 2.24) is 0 Å². The highest BCUT2D eigenvalue weighted by Crippen LogP contribution is 2.22. The van der Waals surface area contributed by atoms with Crippen molar-refractivity contribution >= 4 is 12.4 Å². The minimum Gasteiger partial charge on any atom is -0.399 e. The number of nitrogens with two attached hydrogens (primary N) is 1. The number of halogens is 1. The van der Waals surface area contributed by atoms with Gasteiger partial charge in [0, 0.05) is 11.6 Å². The SMILES string of the molecule is Cl.NC1=CC2C=CC=CC2=CC=C1. The normalized spacial score (nSPS) is 23.8. The molecule has 0 radical (unpaired) electrons. The largest absolute Gasteiger partial charge is 0.399 e. The monoisotopic (exact) mass is 193 g/mol. The minimum atomic E-state index is 0. The topological polar surface area (TPSA) is 26.0 Å². The van der Waals surface area contributed by atoms with Crippen LogP contribution in [0.25, 0.3) is 0 Å². The van der Waals surface area contributed by atoms with Crippen molar-refractivity contribution in [1.29, 1.82) is 0 Å². The Labute approximate surface area is 84.4 Å². The van der Waals surface area contributed by atoms with Crippen molar-refractivity contribution in [3.63, 3.8) is 0 Å². The van der Waals surface area contributed by atoms with Gasteiger partial charge in [0.1, 0.15) is 0 Å². The molecule has 2 N–H and O–H groups in total. The first-order valence-corrected chi connectivity index (χ1v) is 4.07. The second-order valence-electron chi connectivity index (χ2n) is 2.96. The summed E-state index contributed by atoms with van der Waals surface area (Å²) in [5.74, 6) is 0.366. The summed E-state index contributed by atoms with van der Waals surface area (Å²) in [5, 5.41) is 0. The molecule has 1 atom stereocenters. The zero-order valence-electron chi connectivity index (χ0n) is 7.18. The molecule has 0 saturated carbocycles. The third-order valence-electron chi connectivity index (χ3n) is 2.05. The van der Waals surface area contributed by atoms with Crippen molar-refractivity contribution < 1.29 is 0 Å². The fourth-order valence-electron chi connectivity index (χ4n) is 1.42. The lowest BCUT2D eigenvalue weighted by Crippen LogP contribution is -2.01. The van der Waals surface area contributed by atoms with Crippen molar-refractivity contribution in [2.45, 2.75) is 0 Å². The van der Waals surface area contributed by atoms with E-state index in [4.69, 9.17) is 5.73 Å². The van der Waals surface area contributed by atoms with Crippen LogP contribution in [0.4, 0.5) is 0 Å². The Morgan fingerprint density at radius 3 is 2.77 bits per heavy atom. The second kappa shape index (κ2) is 4.15. The van der Waals surface area contributed by atoms with Crippen molar-refractivity contribution in [3.8, 4) is 0 Å². The molecule has 0 saturated heterocycles. The van der Waals surface area contributed by atoms with Crippen LogP contribution in [-0.2, 0) is 0 Å². The van der Waals surface area contributed by atoms with E-state index in [1.165, 1.54) is 5.57 Å². The van der Waals surface area contributed by atoms with E-state index in [2.05, 4.69) is 30.4 Å². The summed E-state index contributed by atoms with van der Waals surface area (Å²) in [6, 6.07) is 0. The molecule has 2 aliphatic rings. The van der Waals surface area contributed by atoms with Gasteiger partial charge in [0.25, 0.3) is 0 Å². The van der Waals surface area contributed by atoms with E-state index in [-0.39, 0.29) is 12.4 Å². The average molecular weight is 194 g/mol. The lowest BCUT2D eigenvalue weighted by molar-refractivity contribution is 0.985. The Bertz CT molecular complexity index is 332. The highest BCUT2D eigenvalue weighted by atomic mass is 35.5. The first-order valence-electron chi connectivity index (χ1n) is 4.07. The van der Waals surface area contributed by atoms with Crippen LogP contribution in [0.2, 0.25) is 0 Å². The molecule has 0 aromatic heterocycles. The molecule has 0 bridgehead atoms. The molecule has 0 amide bonds. The van der Waals surface area contributed by atoms with Gasteiger partial charge in [-0.3, -0.25) is 0 Å². The van der Waals surface area contributed by atoms with Gasteiger partial charge >= 0.3 is 0 Å².